The number of likely N-dealkylation sites (tertiary alicyclic amines) is 1. The van der Waals surface area contributed by atoms with Gasteiger partial charge < -0.3 is 9.64 Å². The third-order valence-electron chi connectivity index (χ3n) is 7.18. The highest BCUT2D eigenvalue weighted by Gasteiger charge is 2.53. The maximum atomic E-state index is 13.3. The molecule has 9 nitrogen and oxygen atoms in total. The highest BCUT2D eigenvalue weighted by molar-refractivity contribution is 7.86. The number of carbonyl (C=O) groups excluding carboxylic acids is 1. The van der Waals surface area contributed by atoms with Gasteiger partial charge in [-0.1, -0.05) is 30.3 Å². The van der Waals surface area contributed by atoms with Crippen LogP contribution in [0, 0.1) is 11.3 Å². The number of piperidine rings is 1. The lowest BCUT2D eigenvalue weighted by Crippen LogP contribution is -2.73. The van der Waals surface area contributed by atoms with Crippen molar-refractivity contribution >= 4 is 16.3 Å². The molecule has 1 aromatic carbocycles. The summed E-state index contributed by atoms with van der Waals surface area (Å²) >= 11 is 0. The van der Waals surface area contributed by atoms with E-state index in [0.29, 0.717) is 19.0 Å². The van der Waals surface area contributed by atoms with Gasteiger partial charge in [0.1, 0.15) is 5.60 Å². The first-order valence-corrected chi connectivity index (χ1v) is 13.4. The number of hydrogen-bond acceptors (Lipinski definition) is 6. The van der Waals surface area contributed by atoms with Crippen LogP contribution in [0.4, 0.5) is 4.79 Å². The zero-order valence-electron chi connectivity index (χ0n) is 20.2. The van der Waals surface area contributed by atoms with Crippen LogP contribution >= 0.6 is 0 Å². The van der Waals surface area contributed by atoms with Crippen molar-refractivity contribution in [2.45, 2.75) is 75.6 Å². The van der Waals surface area contributed by atoms with Crippen LogP contribution in [-0.4, -0.2) is 78.0 Å². The summed E-state index contributed by atoms with van der Waals surface area (Å²) in [5.41, 5.74) is 0.159. The van der Waals surface area contributed by atoms with E-state index in [0.717, 1.165) is 19.3 Å². The second-order valence-corrected chi connectivity index (χ2v) is 12.3. The van der Waals surface area contributed by atoms with Gasteiger partial charge in [-0.2, -0.15) is 18.0 Å². The third kappa shape index (κ3) is 5.23. The molecule has 2 N–H and O–H groups in total. The monoisotopic (exact) mass is 489 g/mol. The quantitative estimate of drug-likeness (QED) is 0.655. The van der Waals surface area contributed by atoms with Crippen molar-refractivity contribution in [1.82, 2.24) is 14.1 Å². The predicted octanol–water partition coefficient (Wildman–Crippen LogP) is 2.42. The SMILES string of the molecule is CC(C)(C)OC(=O)N(C1CCN(C2(CC#N)CN(S(N)(=O)=O)C2)CC1)[C@H]1C[C@H]1c1ccccc1. The first-order chi connectivity index (χ1) is 15.9. The summed E-state index contributed by atoms with van der Waals surface area (Å²) in [6.07, 6.45) is 2.40. The Balaban J connectivity index is 1.46. The topological polar surface area (TPSA) is 120 Å². The number of nitrogens with two attached hydrogens (primary N) is 1. The maximum absolute atomic E-state index is 13.3. The van der Waals surface area contributed by atoms with Gasteiger partial charge >= 0.3 is 6.09 Å². The van der Waals surface area contributed by atoms with Crippen molar-refractivity contribution in [3.8, 4) is 6.07 Å². The number of carbonyl (C=O) groups is 1. The van der Waals surface area contributed by atoms with Crippen molar-refractivity contribution in [2.75, 3.05) is 26.2 Å². The minimum absolute atomic E-state index is 0.0402. The first kappa shape index (κ1) is 24.9. The number of amides is 1. The number of benzene rings is 1. The van der Waals surface area contributed by atoms with Gasteiger partial charge in [0, 0.05) is 44.2 Å². The summed E-state index contributed by atoms with van der Waals surface area (Å²) in [7, 11) is -3.75. The Hall–Kier alpha value is -2.19. The molecule has 34 heavy (non-hydrogen) atoms. The van der Waals surface area contributed by atoms with E-state index in [1.54, 1.807) is 0 Å². The number of nitriles is 1. The van der Waals surface area contributed by atoms with Crippen molar-refractivity contribution in [1.29, 1.82) is 5.26 Å². The highest BCUT2D eigenvalue weighted by atomic mass is 32.2. The number of ether oxygens (including phenoxy) is 1. The summed E-state index contributed by atoms with van der Waals surface area (Å²) in [5.74, 6) is 0.312. The molecule has 0 unspecified atom stereocenters. The summed E-state index contributed by atoms with van der Waals surface area (Å²) in [6.45, 7) is 7.49. The molecule has 186 valence electrons. The van der Waals surface area contributed by atoms with Crippen molar-refractivity contribution < 1.29 is 17.9 Å². The lowest BCUT2D eigenvalue weighted by Gasteiger charge is -2.55. The lowest BCUT2D eigenvalue weighted by molar-refractivity contribution is -0.0411. The Morgan fingerprint density at radius 3 is 2.38 bits per heavy atom. The molecule has 1 saturated carbocycles. The van der Waals surface area contributed by atoms with E-state index < -0.39 is 21.3 Å². The fourth-order valence-electron chi connectivity index (χ4n) is 5.40. The van der Waals surface area contributed by atoms with E-state index in [4.69, 9.17) is 9.88 Å². The molecule has 2 saturated heterocycles. The van der Waals surface area contributed by atoms with Crippen LogP contribution in [0.3, 0.4) is 0 Å². The van der Waals surface area contributed by atoms with Gasteiger partial charge in [-0.25, -0.2) is 9.93 Å². The Morgan fingerprint density at radius 1 is 1.24 bits per heavy atom. The fourth-order valence-corrected chi connectivity index (χ4v) is 6.24. The Morgan fingerprint density at radius 2 is 1.85 bits per heavy atom. The zero-order valence-corrected chi connectivity index (χ0v) is 21.0. The summed E-state index contributed by atoms with van der Waals surface area (Å²) in [5, 5.41) is 14.7. The van der Waals surface area contributed by atoms with E-state index in [1.807, 2.05) is 43.9 Å². The van der Waals surface area contributed by atoms with Gasteiger partial charge in [-0.3, -0.25) is 4.90 Å². The van der Waals surface area contributed by atoms with E-state index in [1.165, 1.54) is 9.87 Å². The highest BCUT2D eigenvalue weighted by Crippen LogP contribution is 2.47. The summed E-state index contributed by atoms with van der Waals surface area (Å²) in [6, 6.07) is 12.6. The molecule has 2 atom stereocenters. The number of rotatable bonds is 6. The minimum Gasteiger partial charge on any atom is -0.444 e. The third-order valence-corrected chi connectivity index (χ3v) is 8.16. The molecular weight excluding hydrogens is 454 g/mol. The second-order valence-electron chi connectivity index (χ2n) is 10.8. The van der Waals surface area contributed by atoms with Crippen molar-refractivity contribution in [2.24, 2.45) is 5.14 Å². The van der Waals surface area contributed by atoms with E-state index in [2.05, 4.69) is 23.1 Å². The normalized spacial score (nSPS) is 25.7. The largest absolute Gasteiger partial charge is 0.444 e. The molecule has 1 aliphatic carbocycles. The van der Waals surface area contributed by atoms with Crippen LogP contribution < -0.4 is 5.14 Å². The minimum atomic E-state index is -3.75. The van der Waals surface area contributed by atoms with Crippen LogP contribution in [0.1, 0.15) is 57.9 Å². The van der Waals surface area contributed by atoms with Crippen LogP contribution in [0.5, 0.6) is 0 Å². The smallest absolute Gasteiger partial charge is 0.410 e. The molecule has 0 bridgehead atoms. The maximum Gasteiger partial charge on any atom is 0.410 e. The average molecular weight is 490 g/mol. The van der Waals surface area contributed by atoms with Crippen LogP contribution in [-0.2, 0) is 14.9 Å². The standard InChI is InChI=1S/C24H35N5O4S/c1-23(2,3)33-22(30)29(21-15-20(21)18-7-5-4-6-8-18)19-9-13-27(14-10-19)24(11-12-25)16-28(17-24)34(26,31)32/h4-8,19-21H,9-11,13-17H2,1-3H3,(H2,26,31,32)/t20-,21-/m0/s1. The molecular formula is C24H35N5O4S. The van der Waals surface area contributed by atoms with Gasteiger partial charge in [0.15, 0.2) is 0 Å². The summed E-state index contributed by atoms with van der Waals surface area (Å²) in [4.78, 5) is 17.4. The molecule has 3 aliphatic rings. The molecule has 2 aliphatic heterocycles. The number of hydrogen-bond donors (Lipinski definition) is 1. The van der Waals surface area contributed by atoms with Crippen molar-refractivity contribution in [3.05, 3.63) is 35.9 Å². The van der Waals surface area contributed by atoms with Crippen LogP contribution in [0.15, 0.2) is 30.3 Å². The van der Waals surface area contributed by atoms with Crippen LogP contribution in [0.25, 0.3) is 0 Å². The van der Waals surface area contributed by atoms with Gasteiger partial charge in [-0.05, 0) is 45.6 Å². The molecule has 0 aromatic heterocycles. The fraction of sp³-hybridized carbons (Fsp3) is 0.667. The van der Waals surface area contributed by atoms with Crippen molar-refractivity contribution in [3.63, 3.8) is 0 Å². The predicted molar refractivity (Wildman–Crippen MR) is 128 cm³/mol. The average Bonchev–Trinajstić information content (AvgIpc) is 3.50. The molecule has 0 spiro atoms. The molecule has 3 fully saturated rings. The molecule has 1 aromatic rings. The molecule has 1 amide bonds. The zero-order chi connectivity index (χ0) is 24.7. The number of nitrogens with zero attached hydrogens (tertiary/aromatic N) is 4. The summed E-state index contributed by atoms with van der Waals surface area (Å²) < 4.78 is 30.4. The molecule has 10 heteroatoms. The van der Waals surface area contributed by atoms with Gasteiger partial charge in [0.25, 0.3) is 10.2 Å². The van der Waals surface area contributed by atoms with Gasteiger partial charge in [-0.15, -0.1) is 0 Å². The van der Waals surface area contributed by atoms with E-state index >= 15 is 0 Å². The Kier molecular flexibility index (Phi) is 6.68. The Labute approximate surface area is 202 Å². The molecule has 2 heterocycles. The van der Waals surface area contributed by atoms with E-state index in [-0.39, 0.29) is 37.7 Å². The van der Waals surface area contributed by atoms with E-state index in [9.17, 15) is 18.5 Å². The lowest BCUT2D eigenvalue weighted by atomic mass is 9.84. The van der Waals surface area contributed by atoms with Gasteiger partial charge in [0.05, 0.1) is 18.0 Å². The molecule has 4 rings (SSSR count). The van der Waals surface area contributed by atoms with Gasteiger partial charge in [0.2, 0.25) is 0 Å². The second kappa shape index (κ2) is 9.11. The van der Waals surface area contributed by atoms with Crippen LogP contribution in [0.2, 0.25) is 0 Å². The Bertz CT molecular complexity index is 1040. The molecule has 0 radical (unpaired) electrons. The first-order valence-electron chi connectivity index (χ1n) is 11.9.